The van der Waals surface area contributed by atoms with Gasteiger partial charge in [-0.15, -0.1) is 0 Å². The summed E-state index contributed by atoms with van der Waals surface area (Å²) in [5.74, 6) is 0.753. The number of nitrogens with one attached hydrogen (secondary N) is 2. The first-order chi connectivity index (χ1) is 10.7. The lowest BCUT2D eigenvalue weighted by atomic mass is 10.2. The number of nitrogens with zero attached hydrogens (tertiary/aromatic N) is 2. The van der Waals surface area contributed by atoms with E-state index in [0.29, 0.717) is 34.0 Å². The highest BCUT2D eigenvalue weighted by molar-refractivity contribution is 6.31. The molecule has 2 aromatic rings. The van der Waals surface area contributed by atoms with E-state index >= 15 is 0 Å². The van der Waals surface area contributed by atoms with E-state index in [0.717, 1.165) is 12.8 Å². The molecule has 0 aliphatic heterocycles. The van der Waals surface area contributed by atoms with Crippen molar-refractivity contribution in [3.8, 4) is 5.75 Å². The molecular weight excluding hydrogens is 304 g/mol. The van der Waals surface area contributed by atoms with Crippen LogP contribution in [0.2, 0.25) is 5.02 Å². The predicted molar refractivity (Wildman–Crippen MR) is 84.6 cm³/mol. The molecule has 0 atom stereocenters. The lowest BCUT2D eigenvalue weighted by Crippen LogP contribution is -2.14. The maximum Gasteiger partial charge on any atom is 0.258 e. The van der Waals surface area contributed by atoms with Crippen molar-refractivity contribution in [3.05, 3.63) is 41.2 Å². The Morgan fingerprint density at radius 2 is 2.05 bits per heavy atom. The topological polar surface area (TPSA) is 76.1 Å². The Morgan fingerprint density at radius 3 is 2.68 bits per heavy atom. The molecule has 1 fully saturated rings. The van der Waals surface area contributed by atoms with E-state index in [2.05, 4.69) is 20.6 Å². The molecule has 114 valence electrons. The highest BCUT2D eigenvalue weighted by Gasteiger charge is 2.22. The van der Waals surface area contributed by atoms with Gasteiger partial charge < -0.3 is 15.4 Å². The summed E-state index contributed by atoms with van der Waals surface area (Å²) in [5.41, 5.74) is 0.864. The summed E-state index contributed by atoms with van der Waals surface area (Å²) in [5, 5.41) is 6.42. The first kappa shape index (κ1) is 14.6. The van der Waals surface area contributed by atoms with Crippen molar-refractivity contribution in [2.24, 2.45) is 0 Å². The molecule has 1 heterocycles. The summed E-state index contributed by atoms with van der Waals surface area (Å²) < 4.78 is 5.19. The second kappa shape index (κ2) is 6.19. The van der Waals surface area contributed by atoms with Crippen LogP contribution in [0.15, 0.2) is 30.6 Å². The molecule has 1 amide bonds. The number of halogens is 1. The molecule has 3 rings (SSSR count). The third-order valence-electron chi connectivity index (χ3n) is 3.23. The normalized spacial score (nSPS) is 13.5. The van der Waals surface area contributed by atoms with E-state index in [1.165, 1.54) is 19.5 Å². The van der Waals surface area contributed by atoms with Gasteiger partial charge in [-0.05, 0) is 31.0 Å². The molecule has 0 radical (unpaired) electrons. The smallest absolute Gasteiger partial charge is 0.258 e. The number of benzene rings is 1. The Bertz CT molecular complexity index is 686. The van der Waals surface area contributed by atoms with E-state index in [9.17, 15) is 4.79 Å². The molecule has 1 aromatic heterocycles. The third-order valence-corrected chi connectivity index (χ3v) is 3.47. The fourth-order valence-electron chi connectivity index (χ4n) is 1.90. The molecule has 2 N–H and O–H groups in total. The first-order valence-corrected chi connectivity index (χ1v) is 7.27. The summed E-state index contributed by atoms with van der Waals surface area (Å²) in [4.78, 5) is 20.5. The second-order valence-corrected chi connectivity index (χ2v) is 5.45. The van der Waals surface area contributed by atoms with Crippen molar-refractivity contribution in [2.45, 2.75) is 18.9 Å². The third kappa shape index (κ3) is 3.46. The average Bonchev–Trinajstić information content (AvgIpc) is 3.32. The van der Waals surface area contributed by atoms with Crippen molar-refractivity contribution < 1.29 is 9.53 Å². The van der Waals surface area contributed by atoms with Gasteiger partial charge in [0.05, 0.1) is 18.4 Å². The molecule has 1 aliphatic carbocycles. The van der Waals surface area contributed by atoms with Crippen molar-refractivity contribution in [3.63, 3.8) is 0 Å². The number of amides is 1. The lowest BCUT2D eigenvalue weighted by Gasteiger charge is -2.10. The highest BCUT2D eigenvalue weighted by atomic mass is 35.5. The van der Waals surface area contributed by atoms with Gasteiger partial charge in [0.15, 0.2) is 0 Å². The SMILES string of the molecule is COc1ccc(Cl)cc1NC(=O)c1cnc(NC2CC2)nc1. The van der Waals surface area contributed by atoms with E-state index in [4.69, 9.17) is 16.3 Å². The van der Waals surface area contributed by atoms with Gasteiger partial charge in [-0.1, -0.05) is 11.6 Å². The lowest BCUT2D eigenvalue weighted by molar-refractivity contribution is 0.102. The zero-order valence-corrected chi connectivity index (χ0v) is 12.7. The van der Waals surface area contributed by atoms with Crippen LogP contribution in [-0.4, -0.2) is 29.0 Å². The van der Waals surface area contributed by atoms with Gasteiger partial charge in [-0.25, -0.2) is 9.97 Å². The standard InChI is InChI=1S/C15H15ClN4O2/c1-22-13-5-2-10(16)6-12(13)20-14(21)9-7-17-15(18-8-9)19-11-3-4-11/h2,5-8,11H,3-4H2,1H3,(H,20,21)(H,17,18,19). The fourth-order valence-corrected chi connectivity index (χ4v) is 2.07. The van der Waals surface area contributed by atoms with E-state index in [1.54, 1.807) is 18.2 Å². The number of hydrogen-bond donors (Lipinski definition) is 2. The maximum atomic E-state index is 12.2. The Kier molecular flexibility index (Phi) is 4.11. The molecule has 1 aliphatic rings. The average molecular weight is 319 g/mol. The molecular formula is C15H15ClN4O2. The van der Waals surface area contributed by atoms with Crippen LogP contribution < -0.4 is 15.4 Å². The minimum atomic E-state index is -0.321. The number of methoxy groups -OCH3 is 1. The van der Waals surface area contributed by atoms with Gasteiger partial charge in [0.2, 0.25) is 5.95 Å². The van der Waals surface area contributed by atoms with Crippen molar-refractivity contribution in [2.75, 3.05) is 17.7 Å². The largest absolute Gasteiger partial charge is 0.495 e. The Hall–Kier alpha value is -2.34. The molecule has 6 nitrogen and oxygen atoms in total. The van der Waals surface area contributed by atoms with Crippen LogP contribution in [0.1, 0.15) is 23.2 Å². The summed E-state index contributed by atoms with van der Waals surface area (Å²) in [6.07, 6.45) is 5.26. The van der Waals surface area contributed by atoms with E-state index in [1.807, 2.05) is 0 Å². The molecule has 0 spiro atoms. The van der Waals surface area contributed by atoms with E-state index in [-0.39, 0.29) is 5.91 Å². The molecule has 0 unspecified atom stereocenters. The van der Waals surface area contributed by atoms with Gasteiger partial charge >= 0.3 is 0 Å². The van der Waals surface area contributed by atoms with E-state index < -0.39 is 0 Å². The number of anilines is 2. The quantitative estimate of drug-likeness (QED) is 0.886. The Morgan fingerprint density at radius 1 is 1.32 bits per heavy atom. The monoisotopic (exact) mass is 318 g/mol. The number of aromatic nitrogens is 2. The van der Waals surface area contributed by atoms with Crippen LogP contribution in [0.5, 0.6) is 5.75 Å². The number of rotatable bonds is 5. The van der Waals surface area contributed by atoms with Crippen molar-refractivity contribution in [1.82, 2.24) is 9.97 Å². The van der Waals surface area contributed by atoms with Gasteiger partial charge in [0, 0.05) is 23.5 Å². The number of ether oxygens (including phenoxy) is 1. The van der Waals surface area contributed by atoms with Gasteiger partial charge in [0.1, 0.15) is 5.75 Å². The van der Waals surface area contributed by atoms with Gasteiger partial charge in [-0.3, -0.25) is 4.79 Å². The first-order valence-electron chi connectivity index (χ1n) is 6.89. The molecule has 0 bridgehead atoms. The predicted octanol–water partition coefficient (Wildman–Crippen LogP) is 2.97. The second-order valence-electron chi connectivity index (χ2n) is 5.01. The summed E-state index contributed by atoms with van der Waals surface area (Å²) >= 11 is 5.94. The molecule has 0 saturated heterocycles. The minimum absolute atomic E-state index is 0.321. The number of carbonyl (C=O) groups excluding carboxylic acids is 1. The molecule has 7 heteroatoms. The van der Waals surface area contributed by atoms with Crippen LogP contribution in [0, 0.1) is 0 Å². The van der Waals surface area contributed by atoms with Crippen LogP contribution >= 0.6 is 11.6 Å². The van der Waals surface area contributed by atoms with Gasteiger partial charge in [0.25, 0.3) is 5.91 Å². The highest BCUT2D eigenvalue weighted by Crippen LogP contribution is 2.28. The summed E-state index contributed by atoms with van der Waals surface area (Å²) in [6.45, 7) is 0. The number of carbonyl (C=O) groups is 1. The zero-order valence-electron chi connectivity index (χ0n) is 12.0. The summed E-state index contributed by atoms with van der Waals surface area (Å²) in [6, 6.07) is 5.48. The van der Waals surface area contributed by atoms with Crippen LogP contribution in [0.4, 0.5) is 11.6 Å². The molecule has 1 aromatic carbocycles. The number of hydrogen-bond acceptors (Lipinski definition) is 5. The fraction of sp³-hybridized carbons (Fsp3) is 0.267. The van der Waals surface area contributed by atoms with Crippen molar-refractivity contribution in [1.29, 1.82) is 0 Å². The van der Waals surface area contributed by atoms with Crippen LogP contribution in [0.3, 0.4) is 0 Å². The minimum Gasteiger partial charge on any atom is -0.495 e. The zero-order chi connectivity index (χ0) is 15.5. The Labute approximate surface area is 132 Å². The van der Waals surface area contributed by atoms with Crippen LogP contribution in [0.25, 0.3) is 0 Å². The Balaban J connectivity index is 1.72. The van der Waals surface area contributed by atoms with Crippen LogP contribution in [-0.2, 0) is 0 Å². The summed E-state index contributed by atoms with van der Waals surface area (Å²) in [7, 11) is 1.53. The van der Waals surface area contributed by atoms with Gasteiger partial charge in [-0.2, -0.15) is 0 Å². The maximum absolute atomic E-state index is 12.2. The van der Waals surface area contributed by atoms with Crippen molar-refractivity contribution >= 4 is 29.1 Å². The molecule has 22 heavy (non-hydrogen) atoms. The molecule has 1 saturated carbocycles.